The molecule has 1 fully saturated rings. The first-order chi connectivity index (χ1) is 14.5. The summed E-state index contributed by atoms with van der Waals surface area (Å²) in [6.45, 7) is 0.112. The smallest absolute Gasteiger partial charge is 0.326 e. The Morgan fingerprint density at radius 3 is 2.47 bits per heavy atom. The van der Waals surface area contributed by atoms with Gasteiger partial charge in [-0.2, -0.15) is 0 Å². The molecule has 9 nitrogen and oxygen atoms in total. The molecule has 0 radical (unpaired) electrons. The van der Waals surface area contributed by atoms with Gasteiger partial charge >= 0.3 is 11.9 Å². The Kier molecular flexibility index (Phi) is 5.28. The van der Waals surface area contributed by atoms with E-state index in [0.717, 1.165) is 19.0 Å². The van der Waals surface area contributed by atoms with E-state index in [4.69, 9.17) is 13.9 Å². The Labute approximate surface area is 170 Å². The molecule has 1 aliphatic carbocycles. The summed E-state index contributed by atoms with van der Waals surface area (Å²) in [4.78, 5) is 61.0. The fourth-order valence-corrected chi connectivity index (χ4v) is 3.42. The number of Topliss-reactive ketones (excluding diaryl/α,β-unsaturated/α-hetero) is 1. The summed E-state index contributed by atoms with van der Waals surface area (Å²) in [5, 5.41) is 2.95. The van der Waals surface area contributed by atoms with Crippen molar-refractivity contribution in [2.75, 3.05) is 13.3 Å². The zero-order chi connectivity index (χ0) is 21.3. The van der Waals surface area contributed by atoms with Crippen molar-refractivity contribution in [1.29, 1.82) is 0 Å². The number of fused-ring (bicyclic) bond motifs is 2. The summed E-state index contributed by atoms with van der Waals surface area (Å²) >= 11 is 0. The van der Waals surface area contributed by atoms with E-state index in [1.54, 1.807) is 12.1 Å². The van der Waals surface area contributed by atoms with Crippen LogP contribution in [0.4, 0.5) is 0 Å². The lowest BCUT2D eigenvalue weighted by Gasteiger charge is -2.11. The predicted octanol–water partition coefficient (Wildman–Crippen LogP) is 1.42. The maximum Gasteiger partial charge on any atom is 0.326 e. The van der Waals surface area contributed by atoms with Gasteiger partial charge in [0.15, 0.2) is 17.3 Å². The van der Waals surface area contributed by atoms with Crippen LogP contribution in [0.1, 0.15) is 61.9 Å². The number of rotatable bonds is 6. The molecule has 0 amide bonds. The SMILES string of the molecule is O=C(CC(=O)c1cc2c(o1)C(=O)c1ccccc1C2=O)OCOC(=O)C1CCCN1. The largest absolute Gasteiger partial charge is 0.449 e. The number of furan rings is 1. The van der Waals surface area contributed by atoms with E-state index >= 15 is 0 Å². The summed E-state index contributed by atoms with van der Waals surface area (Å²) < 4.78 is 14.9. The van der Waals surface area contributed by atoms with Gasteiger partial charge in [0.1, 0.15) is 12.5 Å². The van der Waals surface area contributed by atoms with Gasteiger partial charge in [0.05, 0.1) is 5.56 Å². The van der Waals surface area contributed by atoms with E-state index in [2.05, 4.69) is 5.32 Å². The van der Waals surface area contributed by atoms with E-state index < -0.39 is 48.5 Å². The van der Waals surface area contributed by atoms with Crippen molar-refractivity contribution in [2.45, 2.75) is 25.3 Å². The predicted molar refractivity (Wildman–Crippen MR) is 99.0 cm³/mol. The molecule has 1 aromatic heterocycles. The highest BCUT2D eigenvalue weighted by Gasteiger charge is 2.34. The topological polar surface area (TPSA) is 129 Å². The van der Waals surface area contributed by atoms with E-state index in [1.165, 1.54) is 12.1 Å². The first-order valence-electron chi connectivity index (χ1n) is 9.37. The molecular formula is C21H17NO8. The highest BCUT2D eigenvalue weighted by molar-refractivity contribution is 6.28. The molecule has 2 aliphatic rings. The third kappa shape index (κ3) is 3.67. The van der Waals surface area contributed by atoms with Gasteiger partial charge in [-0.25, -0.2) is 0 Å². The average molecular weight is 411 g/mol. The normalized spacial score (nSPS) is 17.3. The Balaban J connectivity index is 1.36. The Morgan fingerprint density at radius 2 is 1.77 bits per heavy atom. The number of benzene rings is 1. The maximum atomic E-state index is 12.6. The second kappa shape index (κ2) is 8.03. The van der Waals surface area contributed by atoms with E-state index in [0.29, 0.717) is 6.42 Å². The molecule has 1 aliphatic heterocycles. The van der Waals surface area contributed by atoms with Crippen LogP contribution in [0, 0.1) is 0 Å². The minimum atomic E-state index is -0.928. The molecule has 30 heavy (non-hydrogen) atoms. The van der Waals surface area contributed by atoms with Crippen LogP contribution in [0.2, 0.25) is 0 Å². The van der Waals surface area contributed by atoms with Gasteiger partial charge in [0, 0.05) is 11.1 Å². The first-order valence-corrected chi connectivity index (χ1v) is 9.37. The number of hydrogen-bond donors (Lipinski definition) is 1. The van der Waals surface area contributed by atoms with Gasteiger partial charge in [0.25, 0.3) is 0 Å². The molecule has 1 N–H and O–H groups in total. The molecule has 2 heterocycles. The second-order valence-corrected chi connectivity index (χ2v) is 6.90. The molecule has 1 aromatic carbocycles. The van der Waals surface area contributed by atoms with E-state index in [1.807, 2.05) is 0 Å². The standard InChI is InChI=1S/C21H17NO8/c23-15(9-17(24)28-10-29-21(27)14-6-3-7-22-14)16-8-13-18(25)11-4-1-2-5-12(11)19(26)20(13)30-16/h1-2,4-5,8,14,22H,3,6-7,9-10H2. The minimum Gasteiger partial charge on any atom is -0.449 e. The lowest BCUT2D eigenvalue weighted by molar-refractivity contribution is -0.167. The second-order valence-electron chi connectivity index (χ2n) is 6.90. The Morgan fingerprint density at radius 1 is 1.03 bits per heavy atom. The van der Waals surface area contributed by atoms with Gasteiger partial charge in [-0.05, 0) is 25.5 Å². The number of nitrogens with one attached hydrogen (secondary N) is 1. The van der Waals surface area contributed by atoms with Crippen molar-refractivity contribution >= 4 is 29.3 Å². The van der Waals surface area contributed by atoms with Gasteiger partial charge in [-0.1, -0.05) is 24.3 Å². The summed E-state index contributed by atoms with van der Waals surface area (Å²) in [6, 6.07) is 7.02. The molecule has 0 saturated carbocycles. The molecule has 9 heteroatoms. The summed E-state index contributed by atoms with van der Waals surface area (Å²) in [7, 11) is 0. The fraction of sp³-hybridized carbons (Fsp3) is 0.286. The number of ketones is 3. The number of esters is 2. The molecule has 0 bridgehead atoms. The third-order valence-corrected chi connectivity index (χ3v) is 4.94. The quantitative estimate of drug-likeness (QED) is 0.277. The zero-order valence-corrected chi connectivity index (χ0v) is 15.8. The van der Waals surface area contributed by atoms with Crippen LogP contribution in [0.15, 0.2) is 34.7 Å². The van der Waals surface area contributed by atoms with Crippen LogP contribution in [-0.2, 0) is 19.1 Å². The zero-order valence-electron chi connectivity index (χ0n) is 15.8. The number of carbonyl (C=O) groups excluding carboxylic acids is 5. The van der Waals surface area contributed by atoms with Crippen molar-refractivity contribution < 1.29 is 37.9 Å². The monoisotopic (exact) mass is 411 g/mol. The number of hydrogen-bond acceptors (Lipinski definition) is 9. The van der Waals surface area contributed by atoms with Gasteiger partial charge < -0.3 is 19.2 Å². The molecule has 154 valence electrons. The summed E-state index contributed by atoms with van der Waals surface area (Å²) in [6.07, 6.45) is 0.813. The van der Waals surface area contributed by atoms with Crippen LogP contribution >= 0.6 is 0 Å². The third-order valence-electron chi connectivity index (χ3n) is 4.94. The van der Waals surface area contributed by atoms with Crippen molar-refractivity contribution in [3.8, 4) is 0 Å². The van der Waals surface area contributed by atoms with Crippen LogP contribution in [0.3, 0.4) is 0 Å². The first kappa shape index (κ1) is 19.7. The average Bonchev–Trinajstić information content (AvgIpc) is 3.42. The fourth-order valence-electron chi connectivity index (χ4n) is 3.42. The van der Waals surface area contributed by atoms with E-state index in [9.17, 15) is 24.0 Å². The lowest BCUT2D eigenvalue weighted by atomic mass is 9.88. The number of ether oxygens (including phenoxy) is 2. The molecule has 1 atom stereocenters. The van der Waals surface area contributed by atoms with Crippen molar-refractivity contribution in [3.05, 3.63) is 58.5 Å². The van der Waals surface area contributed by atoms with Gasteiger partial charge in [0.2, 0.25) is 18.4 Å². The van der Waals surface area contributed by atoms with Crippen LogP contribution in [-0.4, -0.2) is 48.7 Å². The summed E-state index contributed by atoms with van der Waals surface area (Å²) in [5.74, 6) is -3.67. The molecule has 1 saturated heterocycles. The summed E-state index contributed by atoms with van der Waals surface area (Å²) in [5.41, 5.74) is 0.405. The molecular weight excluding hydrogens is 394 g/mol. The molecule has 1 unspecified atom stereocenters. The van der Waals surface area contributed by atoms with Crippen LogP contribution in [0.25, 0.3) is 0 Å². The molecule has 4 rings (SSSR count). The van der Waals surface area contributed by atoms with Crippen molar-refractivity contribution in [2.24, 2.45) is 0 Å². The van der Waals surface area contributed by atoms with Crippen molar-refractivity contribution in [3.63, 3.8) is 0 Å². The molecule has 2 aromatic rings. The maximum absolute atomic E-state index is 12.6. The minimum absolute atomic E-state index is 0.0200. The Bertz CT molecular complexity index is 1010. The number of carbonyl (C=O) groups is 5. The van der Waals surface area contributed by atoms with Crippen LogP contribution < -0.4 is 5.32 Å². The molecule has 0 spiro atoms. The highest BCUT2D eigenvalue weighted by atomic mass is 16.7. The highest BCUT2D eigenvalue weighted by Crippen LogP contribution is 2.30. The Hall–Kier alpha value is -3.59. The van der Waals surface area contributed by atoms with Gasteiger partial charge in [-0.3, -0.25) is 24.0 Å². The van der Waals surface area contributed by atoms with Gasteiger partial charge in [-0.15, -0.1) is 0 Å². The van der Waals surface area contributed by atoms with Crippen molar-refractivity contribution in [1.82, 2.24) is 5.32 Å². The lowest BCUT2D eigenvalue weighted by Crippen LogP contribution is -2.33. The van der Waals surface area contributed by atoms with E-state index in [-0.39, 0.29) is 28.2 Å². The van der Waals surface area contributed by atoms with Crippen LogP contribution in [0.5, 0.6) is 0 Å².